The maximum Gasteiger partial charge on any atom is 0.180 e. The molecule has 0 aliphatic carbocycles. The molecule has 0 aliphatic rings. The Morgan fingerprint density at radius 3 is 2.86 bits per heavy atom. The molecule has 4 nitrogen and oxygen atoms in total. The summed E-state index contributed by atoms with van der Waals surface area (Å²) < 4.78 is 2.54. The lowest BCUT2D eigenvalue weighted by Gasteiger charge is -2.00. The van der Waals surface area contributed by atoms with Crippen LogP contribution in [0.15, 0.2) is 22.9 Å². The molecule has 0 amide bonds. The van der Waals surface area contributed by atoms with Gasteiger partial charge in [0.1, 0.15) is 10.8 Å². The van der Waals surface area contributed by atoms with E-state index in [0.717, 1.165) is 10.2 Å². The Hall–Kier alpha value is -0.940. The minimum Gasteiger partial charge on any atom is -0.264 e. The van der Waals surface area contributed by atoms with Gasteiger partial charge in [0.05, 0.1) is 10.7 Å². The second-order valence-electron chi connectivity index (χ2n) is 2.67. The molecule has 0 bridgehead atoms. The van der Waals surface area contributed by atoms with E-state index in [1.165, 1.54) is 0 Å². The third kappa shape index (κ3) is 1.65. The summed E-state index contributed by atoms with van der Waals surface area (Å²) in [4.78, 5) is 8.22. The SMILES string of the molecule is Cn1ncc(Br)c1-c1nccc(Cl)n1. The van der Waals surface area contributed by atoms with Gasteiger partial charge in [-0.05, 0) is 22.0 Å². The van der Waals surface area contributed by atoms with E-state index in [0.29, 0.717) is 11.0 Å². The summed E-state index contributed by atoms with van der Waals surface area (Å²) in [7, 11) is 1.82. The van der Waals surface area contributed by atoms with E-state index in [9.17, 15) is 0 Å². The third-order valence-corrected chi connectivity index (χ3v) is 2.52. The van der Waals surface area contributed by atoms with Crippen molar-refractivity contribution in [2.45, 2.75) is 0 Å². The highest BCUT2D eigenvalue weighted by molar-refractivity contribution is 9.10. The Bertz CT molecular complexity index is 449. The zero-order valence-corrected chi connectivity index (χ0v) is 9.62. The van der Waals surface area contributed by atoms with E-state index in [1.54, 1.807) is 23.1 Å². The van der Waals surface area contributed by atoms with Crippen LogP contribution >= 0.6 is 27.5 Å². The summed E-state index contributed by atoms with van der Waals surface area (Å²) in [5, 5.41) is 4.49. The number of aryl methyl sites for hydroxylation is 1. The lowest BCUT2D eigenvalue weighted by Crippen LogP contribution is -1.97. The van der Waals surface area contributed by atoms with Crippen molar-refractivity contribution in [2.75, 3.05) is 0 Å². The van der Waals surface area contributed by atoms with Gasteiger partial charge in [-0.3, -0.25) is 4.68 Å². The Morgan fingerprint density at radius 1 is 1.50 bits per heavy atom. The molecule has 0 radical (unpaired) electrons. The molecule has 0 atom stereocenters. The number of rotatable bonds is 1. The Kier molecular flexibility index (Phi) is 2.52. The maximum atomic E-state index is 5.77. The van der Waals surface area contributed by atoms with Gasteiger partial charge in [-0.1, -0.05) is 11.6 Å². The number of halogens is 2. The molecule has 14 heavy (non-hydrogen) atoms. The molecule has 72 valence electrons. The van der Waals surface area contributed by atoms with Crippen LogP contribution in [-0.4, -0.2) is 19.7 Å². The largest absolute Gasteiger partial charge is 0.264 e. The molecule has 2 heterocycles. The number of hydrogen-bond acceptors (Lipinski definition) is 3. The third-order valence-electron chi connectivity index (χ3n) is 1.73. The predicted octanol–water partition coefficient (Wildman–Crippen LogP) is 2.29. The summed E-state index contributed by atoms with van der Waals surface area (Å²) in [6.45, 7) is 0. The molecule has 2 aromatic heterocycles. The number of hydrogen-bond donors (Lipinski definition) is 0. The Labute approximate surface area is 94.1 Å². The van der Waals surface area contributed by atoms with Crippen LogP contribution in [-0.2, 0) is 7.05 Å². The van der Waals surface area contributed by atoms with Crippen molar-refractivity contribution in [1.29, 1.82) is 0 Å². The molecular formula is C8H6BrClN4. The van der Waals surface area contributed by atoms with Crippen molar-refractivity contribution in [2.24, 2.45) is 7.05 Å². The van der Waals surface area contributed by atoms with Crippen LogP contribution in [0.2, 0.25) is 5.15 Å². The smallest absolute Gasteiger partial charge is 0.180 e. The summed E-state index contributed by atoms with van der Waals surface area (Å²) in [5.41, 5.74) is 0.813. The molecule has 2 aromatic rings. The van der Waals surface area contributed by atoms with Crippen LogP contribution in [0.4, 0.5) is 0 Å². The zero-order chi connectivity index (χ0) is 10.1. The van der Waals surface area contributed by atoms with E-state index in [-0.39, 0.29) is 0 Å². The Balaban J connectivity index is 2.59. The van der Waals surface area contributed by atoms with Gasteiger partial charge in [0.25, 0.3) is 0 Å². The minimum absolute atomic E-state index is 0.420. The number of aromatic nitrogens is 4. The topological polar surface area (TPSA) is 43.6 Å². The normalized spacial score (nSPS) is 10.5. The highest BCUT2D eigenvalue weighted by Crippen LogP contribution is 2.24. The van der Waals surface area contributed by atoms with Crippen molar-refractivity contribution in [3.8, 4) is 11.5 Å². The van der Waals surface area contributed by atoms with E-state index in [2.05, 4.69) is 31.0 Å². The molecule has 0 spiro atoms. The standard InChI is InChI=1S/C8H6BrClN4/c1-14-7(5(9)4-12-14)8-11-3-2-6(10)13-8/h2-4H,1H3. The van der Waals surface area contributed by atoms with Crippen LogP contribution in [0.3, 0.4) is 0 Å². The molecule has 6 heteroatoms. The summed E-state index contributed by atoms with van der Waals surface area (Å²) in [6.07, 6.45) is 3.31. The monoisotopic (exact) mass is 272 g/mol. The highest BCUT2D eigenvalue weighted by Gasteiger charge is 2.11. The molecule has 0 N–H and O–H groups in total. The van der Waals surface area contributed by atoms with Gasteiger partial charge in [0.15, 0.2) is 5.82 Å². The average Bonchev–Trinajstić information content (AvgIpc) is 2.46. The van der Waals surface area contributed by atoms with Gasteiger partial charge < -0.3 is 0 Å². The van der Waals surface area contributed by atoms with Crippen LogP contribution in [0.1, 0.15) is 0 Å². The fraction of sp³-hybridized carbons (Fsp3) is 0.125. The fourth-order valence-corrected chi connectivity index (χ4v) is 1.77. The van der Waals surface area contributed by atoms with Crippen LogP contribution < -0.4 is 0 Å². The van der Waals surface area contributed by atoms with Crippen molar-refractivity contribution < 1.29 is 0 Å². The summed E-state index contributed by atoms with van der Waals surface area (Å²) in [5.74, 6) is 0.560. The quantitative estimate of drug-likeness (QED) is 0.749. The lowest BCUT2D eigenvalue weighted by atomic mass is 10.4. The van der Waals surface area contributed by atoms with Crippen LogP contribution in [0.25, 0.3) is 11.5 Å². The molecule has 0 aliphatic heterocycles. The molecule has 0 saturated heterocycles. The van der Waals surface area contributed by atoms with E-state index in [4.69, 9.17) is 11.6 Å². The van der Waals surface area contributed by atoms with E-state index in [1.807, 2.05) is 7.05 Å². The van der Waals surface area contributed by atoms with E-state index < -0.39 is 0 Å². The maximum absolute atomic E-state index is 5.77. The average molecular weight is 274 g/mol. The van der Waals surface area contributed by atoms with Crippen LogP contribution in [0.5, 0.6) is 0 Å². The van der Waals surface area contributed by atoms with Crippen molar-refractivity contribution in [3.63, 3.8) is 0 Å². The van der Waals surface area contributed by atoms with Gasteiger partial charge in [0, 0.05) is 13.2 Å². The first-order valence-electron chi connectivity index (χ1n) is 3.85. The molecule has 2 rings (SSSR count). The summed E-state index contributed by atoms with van der Waals surface area (Å²) in [6, 6.07) is 1.63. The van der Waals surface area contributed by atoms with Gasteiger partial charge in [-0.15, -0.1) is 0 Å². The molecule has 0 aromatic carbocycles. The molecular weight excluding hydrogens is 267 g/mol. The second kappa shape index (κ2) is 3.67. The van der Waals surface area contributed by atoms with Crippen LogP contribution in [0, 0.1) is 0 Å². The molecule has 0 saturated carbocycles. The van der Waals surface area contributed by atoms with Gasteiger partial charge in [0.2, 0.25) is 0 Å². The first kappa shape index (κ1) is 9.61. The first-order valence-corrected chi connectivity index (χ1v) is 5.02. The minimum atomic E-state index is 0.420. The van der Waals surface area contributed by atoms with Crippen molar-refractivity contribution in [3.05, 3.63) is 28.1 Å². The molecule has 0 fully saturated rings. The zero-order valence-electron chi connectivity index (χ0n) is 7.28. The second-order valence-corrected chi connectivity index (χ2v) is 3.91. The van der Waals surface area contributed by atoms with Gasteiger partial charge in [-0.2, -0.15) is 5.10 Å². The van der Waals surface area contributed by atoms with Gasteiger partial charge >= 0.3 is 0 Å². The fourth-order valence-electron chi connectivity index (χ4n) is 1.11. The van der Waals surface area contributed by atoms with Crippen molar-refractivity contribution in [1.82, 2.24) is 19.7 Å². The summed E-state index contributed by atoms with van der Waals surface area (Å²) >= 11 is 9.14. The predicted molar refractivity (Wildman–Crippen MR) is 56.9 cm³/mol. The molecule has 0 unspecified atom stereocenters. The lowest BCUT2D eigenvalue weighted by molar-refractivity contribution is 0.769. The van der Waals surface area contributed by atoms with Crippen molar-refractivity contribution >= 4 is 27.5 Å². The number of nitrogens with zero attached hydrogens (tertiary/aromatic N) is 4. The van der Waals surface area contributed by atoms with E-state index >= 15 is 0 Å². The highest BCUT2D eigenvalue weighted by atomic mass is 79.9. The first-order chi connectivity index (χ1) is 6.68. The Morgan fingerprint density at radius 2 is 2.29 bits per heavy atom. The van der Waals surface area contributed by atoms with Gasteiger partial charge in [-0.25, -0.2) is 9.97 Å².